The fourth-order valence-corrected chi connectivity index (χ4v) is 1.91. The molecule has 1 rings (SSSR count). The number of hydrogen-bond donors (Lipinski definition) is 2. The zero-order chi connectivity index (χ0) is 10.7. The third-order valence-electron chi connectivity index (χ3n) is 2.75. The molecular weight excluding hydrogens is 180 g/mol. The molecule has 0 radical (unpaired) electrons. The first-order valence-corrected chi connectivity index (χ1v) is 5.17. The molecule has 0 aromatic rings. The van der Waals surface area contributed by atoms with Crippen LogP contribution < -0.4 is 5.32 Å². The highest BCUT2D eigenvalue weighted by Gasteiger charge is 2.28. The van der Waals surface area contributed by atoms with Crippen LogP contribution in [0.1, 0.15) is 26.2 Å². The highest BCUT2D eigenvalue weighted by molar-refractivity contribution is 5.80. The molecule has 1 fully saturated rings. The van der Waals surface area contributed by atoms with E-state index in [2.05, 4.69) is 5.32 Å². The molecule has 1 amide bonds. The van der Waals surface area contributed by atoms with Crippen LogP contribution in [0.4, 0.5) is 0 Å². The Morgan fingerprint density at radius 1 is 1.50 bits per heavy atom. The van der Waals surface area contributed by atoms with E-state index in [1.54, 1.807) is 19.0 Å². The number of hydrogen-bond acceptors (Lipinski definition) is 3. The molecule has 4 heteroatoms. The first-order chi connectivity index (χ1) is 6.52. The van der Waals surface area contributed by atoms with Gasteiger partial charge in [0, 0.05) is 20.1 Å². The minimum Gasteiger partial charge on any atom is -0.392 e. The van der Waals surface area contributed by atoms with Crippen LogP contribution in [0, 0.1) is 0 Å². The molecule has 1 saturated carbocycles. The lowest BCUT2D eigenvalue weighted by molar-refractivity contribution is -0.130. The Balaban J connectivity index is 2.39. The number of nitrogens with zero attached hydrogens (tertiary/aromatic N) is 1. The van der Waals surface area contributed by atoms with Crippen molar-refractivity contribution in [1.82, 2.24) is 10.2 Å². The predicted molar refractivity (Wildman–Crippen MR) is 54.9 cm³/mol. The molecule has 1 aliphatic carbocycles. The SMILES string of the molecule is CC(NC1CCCC1O)C(=O)N(C)C. The van der Waals surface area contributed by atoms with E-state index in [1.165, 1.54) is 0 Å². The lowest BCUT2D eigenvalue weighted by atomic mass is 10.2. The maximum Gasteiger partial charge on any atom is 0.238 e. The van der Waals surface area contributed by atoms with Crippen LogP contribution >= 0.6 is 0 Å². The normalized spacial score (nSPS) is 28.9. The summed E-state index contributed by atoms with van der Waals surface area (Å²) in [6.07, 6.45) is 2.57. The van der Waals surface area contributed by atoms with Crippen LogP contribution in [-0.4, -0.2) is 48.2 Å². The number of aliphatic hydroxyl groups excluding tert-OH is 1. The van der Waals surface area contributed by atoms with Crippen LogP contribution in [0.3, 0.4) is 0 Å². The smallest absolute Gasteiger partial charge is 0.238 e. The van der Waals surface area contributed by atoms with E-state index in [0.717, 1.165) is 19.3 Å². The maximum atomic E-state index is 11.5. The minimum atomic E-state index is -0.285. The molecule has 82 valence electrons. The first-order valence-electron chi connectivity index (χ1n) is 5.17. The van der Waals surface area contributed by atoms with Gasteiger partial charge in [0.1, 0.15) is 0 Å². The summed E-state index contributed by atoms with van der Waals surface area (Å²) < 4.78 is 0. The zero-order valence-corrected chi connectivity index (χ0v) is 9.16. The Labute approximate surface area is 85.3 Å². The molecule has 0 aromatic heterocycles. The molecule has 3 atom stereocenters. The molecule has 0 aliphatic heterocycles. The highest BCUT2D eigenvalue weighted by atomic mass is 16.3. The van der Waals surface area contributed by atoms with Crippen LogP contribution in [0.2, 0.25) is 0 Å². The van der Waals surface area contributed by atoms with Crippen LogP contribution in [0.15, 0.2) is 0 Å². The zero-order valence-electron chi connectivity index (χ0n) is 9.16. The Morgan fingerprint density at radius 2 is 2.14 bits per heavy atom. The molecule has 0 saturated heterocycles. The van der Waals surface area contributed by atoms with Gasteiger partial charge in [0.2, 0.25) is 5.91 Å². The lowest BCUT2D eigenvalue weighted by Crippen LogP contribution is -2.48. The average Bonchev–Trinajstić information content (AvgIpc) is 2.50. The topological polar surface area (TPSA) is 52.6 Å². The molecule has 0 spiro atoms. The van der Waals surface area contributed by atoms with Gasteiger partial charge in [-0.25, -0.2) is 0 Å². The van der Waals surface area contributed by atoms with Crippen molar-refractivity contribution in [2.75, 3.05) is 14.1 Å². The van der Waals surface area contributed by atoms with E-state index >= 15 is 0 Å². The van der Waals surface area contributed by atoms with Gasteiger partial charge in [-0.15, -0.1) is 0 Å². The lowest BCUT2D eigenvalue weighted by Gasteiger charge is -2.23. The molecule has 3 unspecified atom stereocenters. The van der Waals surface area contributed by atoms with E-state index in [1.807, 2.05) is 6.92 Å². The maximum absolute atomic E-state index is 11.5. The Kier molecular flexibility index (Phi) is 3.89. The van der Waals surface area contributed by atoms with Gasteiger partial charge in [-0.1, -0.05) is 0 Å². The average molecular weight is 200 g/mol. The van der Waals surface area contributed by atoms with Gasteiger partial charge < -0.3 is 15.3 Å². The second-order valence-corrected chi connectivity index (χ2v) is 4.23. The predicted octanol–water partition coefficient (Wildman–Crippen LogP) is -0.0339. The van der Waals surface area contributed by atoms with Crippen LogP contribution in [0.5, 0.6) is 0 Å². The second-order valence-electron chi connectivity index (χ2n) is 4.23. The monoisotopic (exact) mass is 200 g/mol. The third kappa shape index (κ3) is 2.69. The van der Waals surface area contributed by atoms with Crippen molar-refractivity contribution >= 4 is 5.91 Å². The summed E-state index contributed by atoms with van der Waals surface area (Å²) >= 11 is 0. The summed E-state index contributed by atoms with van der Waals surface area (Å²) in [5, 5.41) is 12.7. The summed E-state index contributed by atoms with van der Waals surface area (Å²) in [6, 6.07) is -0.114. The van der Waals surface area contributed by atoms with Gasteiger partial charge in [0.05, 0.1) is 12.1 Å². The summed E-state index contributed by atoms with van der Waals surface area (Å²) in [5.41, 5.74) is 0. The molecule has 4 nitrogen and oxygen atoms in total. The number of rotatable bonds is 3. The summed E-state index contributed by atoms with van der Waals surface area (Å²) in [4.78, 5) is 13.1. The van der Waals surface area contributed by atoms with Crippen molar-refractivity contribution in [3.05, 3.63) is 0 Å². The van der Waals surface area contributed by atoms with E-state index in [4.69, 9.17) is 0 Å². The van der Waals surface area contributed by atoms with E-state index < -0.39 is 0 Å². The standard InChI is InChI=1S/C10H20N2O2/c1-7(10(14)12(2)3)11-8-5-4-6-9(8)13/h7-9,11,13H,4-6H2,1-3H3. The van der Waals surface area contributed by atoms with Crippen molar-refractivity contribution < 1.29 is 9.90 Å². The van der Waals surface area contributed by atoms with Crippen molar-refractivity contribution in [3.8, 4) is 0 Å². The van der Waals surface area contributed by atoms with Crippen LogP contribution in [0.25, 0.3) is 0 Å². The third-order valence-corrected chi connectivity index (χ3v) is 2.75. The van der Waals surface area contributed by atoms with Crippen molar-refractivity contribution in [1.29, 1.82) is 0 Å². The van der Waals surface area contributed by atoms with Crippen molar-refractivity contribution in [2.45, 2.75) is 44.4 Å². The molecule has 1 aliphatic rings. The van der Waals surface area contributed by atoms with Crippen molar-refractivity contribution in [3.63, 3.8) is 0 Å². The second kappa shape index (κ2) is 4.75. The largest absolute Gasteiger partial charge is 0.392 e. The van der Waals surface area contributed by atoms with E-state index in [0.29, 0.717) is 0 Å². The van der Waals surface area contributed by atoms with Crippen molar-refractivity contribution in [2.24, 2.45) is 0 Å². The molecule has 2 N–H and O–H groups in total. The van der Waals surface area contributed by atoms with Gasteiger partial charge in [0.25, 0.3) is 0 Å². The Bertz CT molecular complexity index is 206. The number of aliphatic hydroxyl groups is 1. The van der Waals surface area contributed by atoms with Gasteiger partial charge >= 0.3 is 0 Å². The first kappa shape index (κ1) is 11.5. The van der Waals surface area contributed by atoms with Gasteiger partial charge in [-0.2, -0.15) is 0 Å². The van der Waals surface area contributed by atoms with E-state index in [-0.39, 0.29) is 24.1 Å². The summed E-state index contributed by atoms with van der Waals surface area (Å²) in [6.45, 7) is 1.84. The fourth-order valence-electron chi connectivity index (χ4n) is 1.91. The number of nitrogens with one attached hydrogen (secondary N) is 1. The molecule has 0 heterocycles. The van der Waals surface area contributed by atoms with Gasteiger partial charge in [0.15, 0.2) is 0 Å². The van der Waals surface area contributed by atoms with E-state index in [9.17, 15) is 9.90 Å². The number of likely N-dealkylation sites (N-methyl/N-ethyl adjacent to an activating group) is 1. The Morgan fingerprint density at radius 3 is 2.57 bits per heavy atom. The summed E-state index contributed by atoms with van der Waals surface area (Å²) in [5.74, 6) is 0.0594. The Hall–Kier alpha value is -0.610. The molecule has 0 bridgehead atoms. The van der Waals surface area contributed by atoms with Gasteiger partial charge in [-0.05, 0) is 26.2 Å². The van der Waals surface area contributed by atoms with Crippen LogP contribution in [-0.2, 0) is 4.79 Å². The molecule has 14 heavy (non-hydrogen) atoms. The molecule has 0 aromatic carbocycles. The minimum absolute atomic E-state index is 0.0594. The quantitative estimate of drug-likeness (QED) is 0.672. The molecular formula is C10H20N2O2. The number of carbonyl (C=O) groups is 1. The number of carbonyl (C=O) groups excluding carboxylic acids is 1. The van der Waals surface area contributed by atoms with Gasteiger partial charge in [-0.3, -0.25) is 4.79 Å². The highest BCUT2D eigenvalue weighted by Crippen LogP contribution is 2.19. The number of amides is 1. The summed E-state index contributed by atoms with van der Waals surface area (Å²) in [7, 11) is 3.48. The fraction of sp³-hybridized carbons (Fsp3) is 0.900.